The van der Waals surface area contributed by atoms with Crippen molar-refractivity contribution in [2.24, 2.45) is 0 Å². The summed E-state index contributed by atoms with van der Waals surface area (Å²) in [6.45, 7) is 3.55. The lowest BCUT2D eigenvalue weighted by Crippen LogP contribution is -2.00. The Balaban J connectivity index is 2.93. The fourth-order valence-corrected chi connectivity index (χ4v) is 1.92. The van der Waals surface area contributed by atoms with Gasteiger partial charge in [-0.2, -0.15) is 0 Å². The van der Waals surface area contributed by atoms with Gasteiger partial charge in [-0.3, -0.25) is 0 Å². The molecule has 0 aliphatic rings. The summed E-state index contributed by atoms with van der Waals surface area (Å²) in [7, 11) is 0. The van der Waals surface area contributed by atoms with E-state index in [0.29, 0.717) is 16.5 Å². The second kappa shape index (κ2) is 4.81. The average Bonchev–Trinajstić information content (AvgIpc) is 2.08. The monoisotopic (exact) mass is 230 g/mol. The highest BCUT2D eigenvalue weighted by atomic mass is 35.5. The van der Waals surface area contributed by atoms with Crippen molar-refractivity contribution in [3.8, 4) is 0 Å². The summed E-state index contributed by atoms with van der Waals surface area (Å²) in [4.78, 5) is 10.9. The topological polar surface area (TPSA) is 17.1 Å². The molecule has 1 nitrogen and oxygen atoms in total. The SMILES string of the molecule is CC(=O)CC(C)c1cc(Cl)ccc1Cl. The number of halogens is 2. The van der Waals surface area contributed by atoms with Gasteiger partial charge < -0.3 is 4.79 Å². The highest BCUT2D eigenvalue weighted by Gasteiger charge is 2.11. The number of Topliss-reactive ketones (excluding diaryl/α,β-unsaturated/α-hetero) is 1. The van der Waals surface area contributed by atoms with Gasteiger partial charge in [0.25, 0.3) is 0 Å². The van der Waals surface area contributed by atoms with Crippen molar-refractivity contribution in [2.45, 2.75) is 26.2 Å². The molecule has 0 aromatic heterocycles. The van der Waals surface area contributed by atoms with Crippen LogP contribution in [-0.4, -0.2) is 5.78 Å². The van der Waals surface area contributed by atoms with Crippen molar-refractivity contribution in [1.29, 1.82) is 0 Å². The van der Waals surface area contributed by atoms with Gasteiger partial charge in [-0.15, -0.1) is 0 Å². The van der Waals surface area contributed by atoms with Gasteiger partial charge in [0.2, 0.25) is 0 Å². The molecule has 1 aromatic carbocycles. The van der Waals surface area contributed by atoms with Crippen LogP contribution in [0.5, 0.6) is 0 Å². The maximum absolute atomic E-state index is 10.9. The quantitative estimate of drug-likeness (QED) is 0.766. The van der Waals surface area contributed by atoms with Gasteiger partial charge in [-0.05, 0) is 36.6 Å². The van der Waals surface area contributed by atoms with Crippen LogP contribution < -0.4 is 0 Å². The molecule has 0 heterocycles. The zero-order valence-corrected chi connectivity index (χ0v) is 9.69. The van der Waals surface area contributed by atoms with Crippen LogP contribution in [0.4, 0.5) is 0 Å². The van der Waals surface area contributed by atoms with E-state index < -0.39 is 0 Å². The van der Waals surface area contributed by atoms with Crippen LogP contribution in [0.1, 0.15) is 31.7 Å². The van der Waals surface area contributed by atoms with E-state index in [1.54, 1.807) is 19.1 Å². The van der Waals surface area contributed by atoms with Crippen LogP contribution >= 0.6 is 23.2 Å². The number of benzene rings is 1. The molecule has 0 aliphatic carbocycles. The van der Waals surface area contributed by atoms with Crippen LogP contribution in [0.25, 0.3) is 0 Å². The molecular formula is C11H12Cl2O. The van der Waals surface area contributed by atoms with E-state index in [1.165, 1.54) is 0 Å². The molecule has 1 rings (SSSR count). The van der Waals surface area contributed by atoms with Gasteiger partial charge in [0.1, 0.15) is 5.78 Å². The van der Waals surface area contributed by atoms with Crippen LogP contribution in [0.3, 0.4) is 0 Å². The molecule has 0 saturated carbocycles. The van der Waals surface area contributed by atoms with Gasteiger partial charge in [-0.1, -0.05) is 30.1 Å². The Morgan fingerprint density at radius 2 is 2.07 bits per heavy atom. The summed E-state index contributed by atoms with van der Waals surface area (Å²) in [5, 5.41) is 1.32. The van der Waals surface area contributed by atoms with Gasteiger partial charge >= 0.3 is 0 Å². The zero-order chi connectivity index (χ0) is 10.7. The molecule has 1 aromatic rings. The van der Waals surface area contributed by atoms with Gasteiger partial charge in [0.15, 0.2) is 0 Å². The van der Waals surface area contributed by atoms with Gasteiger partial charge in [-0.25, -0.2) is 0 Å². The highest BCUT2D eigenvalue weighted by molar-refractivity contribution is 6.33. The molecule has 0 spiro atoms. The average molecular weight is 231 g/mol. The molecule has 1 unspecified atom stereocenters. The van der Waals surface area contributed by atoms with Crippen molar-refractivity contribution in [2.75, 3.05) is 0 Å². The summed E-state index contributed by atoms with van der Waals surface area (Å²) >= 11 is 11.9. The van der Waals surface area contributed by atoms with Gasteiger partial charge in [0, 0.05) is 16.5 Å². The molecule has 0 aliphatic heterocycles. The number of carbonyl (C=O) groups excluding carboxylic acids is 1. The maximum Gasteiger partial charge on any atom is 0.130 e. The Morgan fingerprint density at radius 1 is 1.43 bits per heavy atom. The standard InChI is InChI=1S/C11H12Cl2O/c1-7(5-8(2)14)10-6-9(12)3-4-11(10)13/h3-4,6-7H,5H2,1-2H3. The van der Waals surface area contributed by atoms with E-state index in [9.17, 15) is 4.79 Å². The Labute approximate surface area is 94.0 Å². The minimum absolute atomic E-state index is 0.124. The molecular weight excluding hydrogens is 219 g/mol. The van der Waals surface area contributed by atoms with Crippen LogP contribution in [0.15, 0.2) is 18.2 Å². The third-order valence-electron chi connectivity index (χ3n) is 2.08. The normalized spacial score (nSPS) is 12.6. The van der Waals surface area contributed by atoms with E-state index in [1.807, 2.05) is 13.0 Å². The first-order valence-electron chi connectivity index (χ1n) is 4.45. The van der Waals surface area contributed by atoms with Crippen molar-refractivity contribution >= 4 is 29.0 Å². The second-order valence-electron chi connectivity index (χ2n) is 3.47. The van der Waals surface area contributed by atoms with E-state index in [2.05, 4.69) is 0 Å². The van der Waals surface area contributed by atoms with Crippen LogP contribution in [0.2, 0.25) is 10.0 Å². The molecule has 0 bridgehead atoms. The molecule has 0 radical (unpaired) electrons. The first-order chi connectivity index (χ1) is 6.50. The van der Waals surface area contributed by atoms with Crippen LogP contribution in [-0.2, 0) is 4.79 Å². The Bertz CT molecular complexity index is 347. The molecule has 0 saturated heterocycles. The first-order valence-corrected chi connectivity index (χ1v) is 5.20. The number of ketones is 1. The molecule has 3 heteroatoms. The second-order valence-corrected chi connectivity index (χ2v) is 4.32. The largest absolute Gasteiger partial charge is 0.300 e. The Kier molecular flexibility index (Phi) is 3.97. The summed E-state index contributed by atoms with van der Waals surface area (Å²) < 4.78 is 0. The lowest BCUT2D eigenvalue weighted by molar-refractivity contribution is -0.117. The number of hydrogen-bond acceptors (Lipinski definition) is 1. The summed E-state index contributed by atoms with van der Waals surface area (Å²) in [5.41, 5.74) is 0.939. The summed E-state index contributed by atoms with van der Waals surface area (Å²) in [6.07, 6.45) is 0.500. The lowest BCUT2D eigenvalue weighted by atomic mass is 9.96. The maximum atomic E-state index is 10.9. The van der Waals surface area contributed by atoms with Crippen LogP contribution in [0, 0.1) is 0 Å². The van der Waals surface area contributed by atoms with E-state index >= 15 is 0 Å². The van der Waals surface area contributed by atoms with E-state index in [0.717, 1.165) is 5.56 Å². The molecule has 0 amide bonds. The summed E-state index contributed by atoms with van der Waals surface area (Å²) in [5.74, 6) is 0.284. The number of carbonyl (C=O) groups is 1. The molecule has 76 valence electrons. The number of rotatable bonds is 3. The predicted molar refractivity (Wildman–Crippen MR) is 60.2 cm³/mol. The van der Waals surface area contributed by atoms with Crippen molar-refractivity contribution < 1.29 is 4.79 Å². The molecule has 0 fully saturated rings. The molecule has 1 atom stereocenters. The fourth-order valence-electron chi connectivity index (χ4n) is 1.43. The third-order valence-corrected chi connectivity index (χ3v) is 2.66. The minimum atomic E-state index is 0.124. The molecule has 14 heavy (non-hydrogen) atoms. The Hall–Kier alpha value is -0.530. The predicted octanol–water partition coefficient (Wildman–Crippen LogP) is 4.08. The first kappa shape index (κ1) is 11.5. The van der Waals surface area contributed by atoms with Crippen molar-refractivity contribution in [3.05, 3.63) is 33.8 Å². The minimum Gasteiger partial charge on any atom is -0.300 e. The van der Waals surface area contributed by atoms with E-state index in [4.69, 9.17) is 23.2 Å². The Morgan fingerprint density at radius 3 is 2.64 bits per heavy atom. The number of hydrogen-bond donors (Lipinski definition) is 0. The zero-order valence-electron chi connectivity index (χ0n) is 8.18. The highest BCUT2D eigenvalue weighted by Crippen LogP contribution is 2.29. The van der Waals surface area contributed by atoms with Gasteiger partial charge in [0.05, 0.1) is 0 Å². The lowest BCUT2D eigenvalue weighted by Gasteiger charge is -2.11. The molecule has 0 N–H and O–H groups in total. The smallest absolute Gasteiger partial charge is 0.130 e. The summed E-state index contributed by atoms with van der Waals surface area (Å²) in [6, 6.07) is 5.32. The third kappa shape index (κ3) is 3.00. The van der Waals surface area contributed by atoms with E-state index in [-0.39, 0.29) is 11.7 Å². The van der Waals surface area contributed by atoms with Crippen molar-refractivity contribution in [1.82, 2.24) is 0 Å². The van der Waals surface area contributed by atoms with Crippen molar-refractivity contribution in [3.63, 3.8) is 0 Å². The fraction of sp³-hybridized carbons (Fsp3) is 0.364.